The molecule has 0 aliphatic carbocycles. The molecule has 4 heterocycles. The number of carbonyl (C=O) groups excluding carboxylic acids is 1. The van der Waals surface area contributed by atoms with Crippen LogP contribution in [-0.4, -0.2) is 60.3 Å². The van der Waals surface area contributed by atoms with Crippen molar-refractivity contribution in [3.05, 3.63) is 48.5 Å². The maximum Gasteiger partial charge on any atom is 0.472 e. The van der Waals surface area contributed by atoms with Crippen LogP contribution in [0.4, 0.5) is 5.82 Å². The van der Waals surface area contributed by atoms with Gasteiger partial charge in [-0.3, -0.25) is 18.4 Å². The largest absolute Gasteiger partial charge is 0.472 e. The van der Waals surface area contributed by atoms with E-state index in [-0.39, 0.29) is 23.8 Å². The number of fused-ring (bicyclic) bond motifs is 2. The van der Waals surface area contributed by atoms with Crippen molar-refractivity contribution in [2.75, 3.05) is 11.9 Å². The van der Waals surface area contributed by atoms with Gasteiger partial charge in [0.25, 0.3) is 5.91 Å². The van der Waals surface area contributed by atoms with Crippen molar-refractivity contribution in [1.29, 1.82) is 0 Å². The average Bonchev–Trinajstić information content (AvgIpc) is 3.30. The summed E-state index contributed by atoms with van der Waals surface area (Å²) >= 11 is 0. The third kappa shape index (κ3) is 3.29. The highest BCUT2D eigenvalue weighted by atomic mass is 31.2. The Hall–Kier alpha value is -2.73. The molecule has 3 aromatic rings. The van der Waals surface area contributed by atoms with E-state index in [0.717, 1.165) is 0 Å². The van der Waals surface area contributed by atoms with Gasteiger partial charge in [-0.1, -0.05) is 18.2 Å². The van der Waals surface area contributed by atoms with Gasteiger partial charge in [0.2, 0.25) is 0 Å². The molecule has 0 spiro atoms. The number of aromatic nitrogens is 4. The van der Waals surface area contributed by atoms with Gasteiger partial charge in [0.1, 0.15) is 24.6 Å². The van der Waals surface area contributed by atoms with Crippen molar-refractivity contribution in [2.45, 2.75) is 24.5 Å². The molecule has 0 saturated carbocycles. The molecule has 13 heteroatoms. The van der Waals surface area contributed by atoms with Crippen LogP contribution < -0.4 is 5.32 Å². The summed E-state index contributed by atoms with van der Waals surface area (Å²) in [6.45, 7) is -0.202. The van der Waals surface area contributed by atoms with E-state index in [1.165, 1.54) is 17.2 Å². The van der Waals surface area contributed by atoms with E-state index in [1.807, 2.05) is 0 Å². The molecule has 2 fully saturated rings. The van der Waals surface area contributed by atoms with Crippen LogP contribution in [0.15, 0.2) is 43.0 Å². The Morgan fingerprint density at radius 3 is 2.83 bits per heavy atom. The number of hydrogen-bond donors (Lipinski definition) is 3. The maximum atomic E-state index is 12.5. The van der Waals surface area contributed by atoms with Gasteiger partial charge in [-0.15, -0.1) is 0 Å². The SMILES string of the molecule is O=C(Nc1ncnc2c1ncn2[C@@H]1O[C@@H]2COP(=O)(O)O[C@H]2C1O)c1ccccc1. The normalized spacial score (nSPS) is 30.9. The quantitative estimate of drug-likeness (QED) is 0.506. The summed E-state index contributed by atoms with van der Waals surface area (Å²) < 4.78 is 28.6. The summed E-state index contributed by atoms with van der Waals surface area (Å²) in [5.41, 5.74) is 1.04. The second kappa shape index (κ2) is 7.20. The number of aliphatic hydroxyl groups is 1. The number of amides is 1. The van der Waals surface area contributed by atoms with Gasteiger partial charge in [0.05, 0.1) is 12.9 Å². The third-order valence-electron chi connectivity index (χ3n) is 4.87. The highest BCUT2D eigenvalue weighted by Crippen LogP contribution is 2.52. The fourth-order valence-electron chi connectivity index (χ4n) is 3.46. The van der Waals surface area contributed by atoms with Crippen LogP contribution in [0.3, 0.4) is 0 Å². The highest BCUT2D eigenvalue weighted by molar-refractivity contribution is 7.47. The number of rotatable bonds is 3. The smallest absolute Gasteiger partial charge is 0.386 e. The van der Waals surface area contributed by atoms with Crippen molar-refractivity contribution in [1.82, 2.24) is 19.5 Å². The van der Waals surface area contributed by atoms with Crippen LogP contribution >= 0.6 is 7.82 Å². The Bertz CT molecular complexity index is 1160. The zero-order valence-corrected chi connectivity index (χ0v) is 16.1. The molecule has 1 amide bonds. The standard InChI is InChI=1S/C17H16N5O7P/c23-12-13-10(6-27-30(25,26)29-13)28-17(12)22-8-20-11-14(18-7-19-15(11)22)21-16(24)9-4-2-1-3-5-9/h1-5,7-8,10,12-13,17,23H,6H2,(H,25,26)(H,18,19,21,24)/t10-,12?,13-,17-/m1/s1. The van der Waals surface area contributed by atoms with Crippen molar-refractivity contribution < 1.29 is 33.1 Å². The topological polar surface area (TPSA) is 158 Å². The molecule has 2 unspecified atom stereocenters. The lowest BCUT2D eigenvalue weighted by Gasteiger charge is -2.27. The maximum absolute atomic E-state index is 12.5. The second-order valence-corrected chi connectivity index (χ2v) is 8.16. The van der Waals surface area contributed by atoms with Gasteiger partial charge < -0.3 is 20.1 Å². The molecule has 12 nitrogen and oxygen atoms in total. The van der Waals surface area contributed by atoms with E-state index in [4.69, 9.17) is 13.8 Å². The molecule has 2 aliphatic rings. The third-order valence-corrected chi connectivity index (χ3v) is 5.85. The van der Waals surface area contributed by atoms with Gasteiger partial charge in [0.15, 0.2) is 23.2 Å². The zero-order valence-electron chi connectivity index (χ0n) is 15.2. The molecule has 5 atom stereocenters. The number of hydrogen-bond acceptors (Lipinski definition) is 9. The lowest BCUT2D eigenvalue weighted by molar-refractivity contribution is -0.0664. The molecule has 3 N–H and O–H groups in total. The summed E-state index contributed by atoms with van der Waals surface area (Å²) in [6.07, 6.45) is -1.42. The van der Waals surface area contributed by atoms with Gasteiger partial charge >= 0.3 is 7.82 Å². The van der Waals surface area contributed by atoms with Crippen LogP contribution in [0.25, 0.3) is 11.2 Å². The Labute approximate surface area is 169 Å². The van der Waals surface area contributed by atoms with Crippen LogP contribution in [0.5, 0.6) is 0 Å². The first-order valence-corrected chi connectivity index (χ1v) is 10.5. The van der Waals surface area contributed by atoms with E-state index >= 15 is 0 Å². The lowest BCUT2D eigenvalue weighted by atomic mass is 10.1. The summed E-state index contributed by atoms with van der Waals surface area (Å²) in [5, 5.41) is 13.3. The fraction of sp³-hybridized carbons (Fsp3) is 0.294. The Morgan fingerprint density at radius 2 is 2.03 bits per heavy atom. The molecule has 2 aromatic heterocycles. The van der Waals surface area contributed by atoms with Crippen molar-refractivity contribution in [3.8, 4) is 0 Å². The first-order valence-electron chi connectivity index (χ1n) is 8.96. The van der Waals surface area contributed by atoms with Crippen LogP contribution in [0, 0.1) is 0 Å². The molecule has 0 radical (unpaired) electrons. The minimum Gasteiger partial charge on any atom is -0.386 e. The van der Waals surface area contributed by atoms with E-state index < -0.39 is 32.4 Å². The highest BCUT2D eigenvalue weighted by Gasteiger charge is 2.52. The molecule has 156 valence electrons. The van der Waals surface area contributed by atoms with Crippen molar-refractivity contribution >= 4 is 30.7 Å². The van der Waals surface area contributed by atoms with Gasteiger partial charge in [-0.2, -0.15) is 0 Å². The molecular weight excluding hydrogens is 417 g/mol. The molecule has 1 aromatic carbocycles. The van der Waals surface area contributed by atoms with E-state index in [9.17, 15) is 19.4 Å². The molecule has 30 heavy (non-hydrogen) atoms. The number of ether oxygens (including phenoxy) is 1. The van der Waals surface area contributed by atoms with E-state index in [1.54, 1.807) is 30.3 Å². The van der Waals surface area contributed by atoms with Crippen LogP contribution in [0.1, 0.15) is 16.6 Å². The summed E-state index contributed by atoms with van der Waals surface area (Å²) in [6, 6.07) is 8.62. The molecule has 2 aliphatic heterocycles. The zero-order chi connectivity index (χ0) is 20.9. The fourth-order valence-corrected chi connectivity index (χ4v) is 4.43. The average molecular weight is 433 g/mol. The number of carbonyl (C=O) groups is 1. The Morgan fingerprint density at radius 1 is 1.23 bits per heavy atom. The first-order chi connectivity index (χ1) is 14.4. The minimum atomic E-state index is -4.24. The monoisotopic (exact) mass is 433 g/mol. The number of nitrogens with zero attached hydrogens (tertiary/aromatic N) is 4. The number of nitrogens with one attached hydrogen (secondary N) is 1. The number of phosphoric ester groups is 1. The van der Waals surface area contributed by atoms with Gasteiger partial charge in [-0.05, 0) is 12.1 Å². The minimum absolute atomic E-state index is 0.192. The summed E-state index contributed by atoms with van der Waals surface area (Å²) in [4.78, 5) is 34.5. The number of imidazole rings is 1. The van der Waals surface area contributed by atoms with Gasteiger partial charge in [-0.25, -0.2) is 19.5 Å². The summed E-state index contributed by atoms with van der Waals surface area (Å²) in [5.74, 6) is -0.172. The predicted octanol–water partition coefficient (Wildman–Crippen LogP) is 0.853. The van der Waals surface area contributed by atoms with E-state index in [2.05, 4.69) is 20.3 Å². The number of benzene rings is 1. The molecular formula is C17H16N5O7P. The summed E-state index contributed by atoms with van der Waals surface area (Å²) in [7, 11) is -4.24. The predicted molar refractivity (Wildman–Crippen MR) is 100 cm³/mol. The molecule has 2 saturated heterocycles. The number of anilines is 1. The second-order valence-electron chi connectivity index (χ2n) is 6.76. The first kappa shape index (κ1) is 19.2. The van der Waals surface area contributed by atoms with Crippen LogP contribution in [0.2, 0.25) is 0 Å². The molecule has 5 rings (SSSR count). The van der Waals surface area contributed by atoms with Crippen LogP contribution in [-0.2, 0) is 18.3 Å². The van der Waals surface area contributed by atoms with E-state index in [0.29, 0.717) is 11.2 Å². The van der Waals surface area contributed by atoms with Gasteiger partial charge in [0, 0.05) is 5.56 Å². The Kier molecular flexibility index (Phi) is 4.62. The number of aliphatic hydroxyl groups excluding tert-OH is 1. The van der Waals surface area contributed by atoms with Crippen molar-refractivity contribution in [3.63, 3.8) is 0 Å². The Balaban J connectivity index is 1.44. The number of phosphoric acid groups is 1. The lowest BCUT2D eigenvalue weighted by Crippen LogP contribution is -2.39. The van der Waals surface area contributed by atoms with Crippen molar-refractivity contribution in [2.24, 2.45) is 0 Å². The molecule has 0 bridgehead atoms.